The first-order valence-corrected chi connectivity index (χ1v) is 9.09. The number of likely N-dealkylation sites (tertiary alicyclic amines) is 1. The molecule has 2 heterocycles. The van der Waals surface area contributed by atoms with Gasteiger partial charge in [0.2, 0.25) is 5.91 Å². The van der Waals surface area contributed by atoms with Crippen molar-refractivity contribution in [2.24, 2.45) is 5.92 Å². The highest BCUT2D eigenvalue weighted by Crippen LogP contribution is 2.20. The Hall–Kier alpha value is -2.69. The molecule has 0 aliphatic carbocycles. The van der Waals surface area contributed by atoms with Crippen LogP contribution < -0.4 is 5.32 Å². The molecule has 26 heavy (non-hydrogen) atoms. The molecule has 1 saturated heterocycles. The normalized spacial score (nSPS) is 14.9. The van der Waals surface area contributed by atoms with Gasteiger partial charge in [0.15, 0.2) is 0 Å². The van der Waals surface area contributed by atoms with E-state index in [9.17, 15) is 9.59 Å². The summed E-state index contributed by atoms with van der Waals surface area (Å²) in [5.74, 6) is 0.0616. The van der Waals surface area contributed by atoms with Crippen LogP contribution in [0.2, 0.25) is 0 Å². The third-order valence-corrected chi connectivity index (χ3v) is 5.00. The number of benzene rings is 1. The number of pyridine rings is 1. The molecule has 3 rings (SSSR count). The van der Waals surface area contributed by atoms with Crippen LogP contribution >= 0.6 is 0 Å². The minimum atomic E-state index is -0.0407. The molecule has 0 spiro atoms. The molecule has 0 unspecified atom stereocenters. The van der Waals surface area contributed by atoms with Gasteiger partial charge in [-0.2, -0.15) is 0 Å². The quantitative estimate of drug-likeness (QED) is 0.921. The number of nitrogens with zero attached hydrogens (tertiary/aromatic N) is 2. The molecule has 5 heteroatoms. The maximum Gasteiger partial charge on any atom is 0.253 e. The van der Waals surface area contributed by atoms with E-state index >= 15 is 0 Å². The first-order chi connectivity index (χ1) is 12.5. The van der Waals surface area contributed by atoms with Crippen LogP contribution in [0.3, 0.4) is 0 Å². The van der Waals surface area contributed by atoms with Crippen molar-refractivity contribution in [2.75, 3.05) is 13.1 Å². The van der Waals surface area contributed by atoms with Crippen LogP contribution in [0.25, 0.3) is 0 Å². The Balaban J connectivity index is 1.50. The van der Waals surface area contributed by atoms with E-state index in [2.05, 4.69) is 10.3 Å². The molecule has 1 aromatic carbocycles. The third-order valence-electron chi connectivity index (χ3n) is 5.00. The van der Waals surface area contributed by atoms with Crippen LogP contribution in [0.1, 0.15) is 40.0 Å². The van der Waals surface area contributed by atoms with Crippen molar-refractivity contribution in [3.8, 4) is 0 Å². The van der Waals surface area contributed by atoms with Crippen LogP contribution in [0.15, 0.2) is 42.6 Å². The Kier molecular flexibility index (Phi) is 5.66. The fraction of sp³-hybridized carbons (Fsp3) is 0.381. The number of carbonyl (C=O) groups excluding carboxylic acids is 2. The van der Waals surface area contributed by atoms with Gasteiger partial charge in [-0.25, -0.2) is 0 Å². The second-order valence-electron chi connectivity index (χ2n) is 6.92. The van der Waals surface area contributed by atoms with Crippen molar-refractivity contribution in [3.05, 3.63) is 65.0 Å². The standard InChI is InChI=1S/C21H25N3O2/c1-15-5-7-18(8-6-15)21(26)24-12-9-17(10-13-24)20(25)23-14-19-16(2)4-3-11-22-19/h3-8,11,17H,9-10,12-14H2,1-2H3,(H,23,25). The maximum absolute atomic E-state index is 12.6. The summed E-state index contributed by atoms with van der Waals surface area (Å²) in [5.41, 5.74) is 3.82. The first kappa shape index (κ1) is 18.1. The van der Waals surface area contributed by atoms with Crippen molar-refractivity contribution in [2.45, 2.75) is 33.2 Å². The van der Waals surface area contributed by atoms with E-state index in [0.717, 1.165) is 16.8 Å². The zero-order valence-electron chi connectivity index (χ0n) is 15.4. The largest absolute Gasteiger partial charge is 0.350 e. The van der Waals surface area contributed by atoms with Crippen molar-refractivity contribution < 1.29 is 9.59 Å². The zero-order valence-corrected chi connectivity index (χ0v) is 15.4. The summed E-state index contributed by atoms with van der Waals surface area (Å²) in [5, 5.41) is 2.99. The highest BCUT2D eigenvalue weighted by molar-refractivity contribution is 5.94. The van der Waals surface area contributed by atoms with E-state index in [4.69, 9.17) is 0 Å². The number of aromatic nitrogens is 1. The van der Waals surface area contributed by atoms with E-state index in [1.54, 1.807) is 6.20 Å². The highest BCUT2D eigenvalue weighted by Gasteiger charge is 2.27. The van der Waals surface area contributed by atoms with Gasteiger partial charge >= 0.3 is 0 Å². The van der Waals surface area contributed by atoms with Crippen LogP contribution in [0.4, 0.5) is 0 Å². The Morgan fingerprint density at radius 2 is 1.81 bits per heavy atom. The molecule has 2 amide bonds. The summed E-state index contributed by atoms with van der Waals surface area (Å²) >= 11 is 0. The van der Waals surface area contributed by atoms with Crippen LogP contribution in [-0.4, -0.2) is 34.8 Å². The molecule has 2 aromatic rings. The molecule has 136 valence electrons. The molecule has 1 fully saturated rings. The molecule has 0 saturated carbocycles. The van der Waals surface area contributed by atoms with Crippen molar-refractivity contribution in [3.63, 3.8) is 0 Å². The lowest BCUT2D eigenvalue weighted by molar-refractivity contribution is -0.126. The molecule has 0 atom stereocenters. The summed E-state index contributed by atoms with van der Waals surface area (Å²) in [7, 11) is 0. The van der Waals surface area contributed by atoms with Crippen molar-refractivity contribution in [1.29, 1.82) is 0 Å². The minimum Gasteiger partial charge on any atom is -0.350 e. The lowest BCUT2D eigenvalue weighted by Gasteiger charge is -2.31. The predicted octanol–water partition coefficient (Wildman–Crippen LogP) is 2.87. The summed E-state index contributed by atoms with van der Waals surface area (Å²) in [6.07, 6.45) is 3.14. The van der Waals surface area contributed by atoms with E-state index < -0.39 is 0 Å². The van der Waals surface area contributed by atoms with Gasteiger partial charge < -0.3 is 10.2 Å². The summed E-state index contributed by atoms with van der Waals surface area (Å²) in [4.78, 5) is 31.1. The smallest absolute Gasteiger partial charge is 0.253 e. The third kappa shape index (κ3) is 4.28. The molecule has 1 aromatic heterocycles. The number of hydrogen-bond acceptors (Lipinski definition) is 3. The van der Waals surface area contributed by atoms with Gasteiger partial charge in [0.05, 0.1) is 12.2 Å². The fourth-order valence-corrected chi connectivity index (χ4v) is 3.24. The first-order valence-electron chi connectivity index (χ1n) is 9.09. The Bertz CT molecular complexity index is 778. The molecule has 1 N–H and O–H groups in total. The highest BCUT2D eigenvalue weighted by atomic mass is 16.2. The van der Waals surface area contributed by atoms with E-state index in [-0.39, 0.29) is 17.7 Å². The summed E-state index contributed by atoms with van der Waals surface area (Å²) < 4.78 is 0. The fourth-order valence-electron chi connectivity index (χ4n) is 3.24. The number of carbonyl (C=O) groups is 2. The van der Waals surface area contributed by atoms with Crippen LogP contribution in [0, 0.1) is 19.8 Å². The molecule has 5 nitrogen and oxygen atoms in total. The maximum atomic E-state index is 12.6. The van der Waals surface area contributed by atoms with Gasteiger partial charge in [-0.05, 0) is 50.5 Å². The molecule has 1 aliphatic heterocycles. The van der Waals surface area contributed by atoms with Crippen LogP contribution in [-0.2, 0) is 11.3 Å². The van der Waals surface area contributed by atoms with E-state index in [1.165, 1.54) is 0 Å². The average Bonchev–Trinajstić information content (AvgIpc) is 2.67. The topological polar surface area (TPSA) is 62.3 Å². The zero-order chi connectivity index (χ0) is 18.5. The predicted molar refractivity (Wildman–Crippen MR) is 101 cm³/mol. The molecular weight excluding hydrogens is 326 g/mol. The molecule has 0 bridgehead atoms. The number of hydrogen-bond donors (Lipinski definition) is 1. The number of aryl methyl sites for hydroxylation is 2. The minimum absolute atomic E-state index is 0.0407. The Morgan fingerprint density at radius 1 is 1.12 bits per heavy atom. The summed E-state index contributed by atoms with van der Waals surface area (Å²) in [6, 6.07) is 11.5. The van der Waals surface area contributed by atoms with Crippen molar-refractivity contribution in [1.82, 2.24) is 15.2 Å². The lowest BCUT2D eigenvalue weighted by Crippen LogP contribution is -2.43. The molecule has 0 radical (unpaired) electrons. The lowest BCUT2D eigenvalue weighted by atomic mass is 9.95. The SMILES string of the molecule is Cc1ccc(C(=O)N2CCC(C(=O)NCc3ncccc3C)CC2)cc1. The molecular formula is C21H25N3O2. The van der Waals surface area contributed by atoms with Gasteiger partial charge in [0, 0.05) is 30.8 Å². The number of piperidine rings is 1. The van der Waals surface area contributed by atoms with Gasteiger partial charge in [0.1, 0.15) is 0 Å². The average molecular weight is 351 g/mol. The Morgan fingerprint density at radius 3 is 2.46 bits per heavy atom. The van der Waals surface area contributed by atoms with E-state index in [0.29, 0.717) is 38.0 Å². The Labute approximate surface area is 154 Å². The second-order valence-corrected chi connectivity index (χ2v) is 6.92. The van der Waals surface area contributed by atoms with E-state index in [1.807, 2.05) is 55.1 Å². The van der Waals surface area contributed by atoms with Crippen molar-refractivity contribution >= 4 is 11.8 Å². The van der Waals surface area contributed by atoms with Crippen LogP contribution in [0.5, 0.6) is 0 Å². The van der Waals surface area contributed by atoms with Gasteiger partial charge in [0.25, 0.3) is 5.91 Å². The second kappa shape index (κ2) is 8.13. The van der Waals surface area contributed by atoms with Gasteiger partial charge in [-0.15, -0.1) is 0 Å². The number of amides is 2. The molecule has 1 aliphatic rings. The summed E-state index contributed by atoms with van der Waals surface area (Å²) in [6.45, 7) is 5.68. The number of nitrogens with one attached hydrogen (secondary N) is 1. The van der Waals surface area contributed by atoms with Gasteiger partial charge in [-0.1, -0.05) is 23.8 Å². The number of rotatable bonds is 4. The monoisotopic (exact) mass is 351 g/mol. The van der Waals surface area contributed by atoms with Gasteiger partial charge in [-0.3, -0.25) is 14.6 Å².